The van der Waals surface area contributed by atoms with E-state index in [-0.39, 0.29) is 10.8 Å². The van der Waals surface area contributed by atoms with Crippen molar-refractivity contribution in [3.8, 4) is 6.26 Å². The zero-order chi connectivity index (χ0) is 22.3. The third kappa shape index (κ3) is 6.72. The quantitative estimate of drug-likeness (QED) is 0.397. The van der Waals surface area contributed by atoms with E-state index in [4.69, 9.17) is 16.9 Å². The fourth-order valence-corrected chi connectivity index (χ4v) is 4.64. The van der Waals surface area contributed by atoms with Gasteiger partial charge in [-0.3, -0.25) is 9.69 Å². The molecule has 1 saturated heterocycles. The van der Waals surface area contributed by atoms with Crippen LogP contribution < -0.4 is 10.2 Å². The molecule has 1 amide bonds. The lowest BCUT2D eigenvalue weighted by molar-refractivity contribution is -0.112. The number of piperazine rings is 1. The number of carbonyl (C=O) groups is 1. The molecule has 3 fully saturated rings. The van der Waals surface area contributed by atoms with Crippen molar-refractivity contribution in [2.24, 2.45) is 5.92 Å². The summed E-state index contributed by atoms with van der Waals surface area (Å²) in [6.45, 7) is 6.64. The highest BCUT2D eigenvalue weighted by atomic mass is 35.5. The Kier molecular flexibility index (Phi) is 8.39. The monoisotopic (exact) mass is 450 g/mol. The Morgan fingerprint density at radius 2 is 2.06 bits per heavy atom. The molecule has 1 heterocycles. The van der Waals surface area contributed by atoms with Crippen molar-refractivity contribution in [2.75, 3.05) is 31.1 Å². The van der Waals surface area contributed by atoms with Crippen LogP contribution in [0.4, 0.5) is 10.1 Å². The lowest BCUT2D eigenvalue weighted by atomic mass is 9.88. The third-order valence-corrected chi connectivity index (χ3v) is 6.81. The van der Waals surface area contributed by atoms with Crippen molar-refractivity contribution in [3.05, 3.63) is 29.0 Å². The van der Waals surface area contributed by atoms with Crippen LogP contribution in [0.1, 0.15) is 51.9 Å². The predicted molar refractivity (Wildman–Crippen MR) is 119 cm³/mol. The minimum atomic E-state index is -0.628. The average Bonchev–Trinajstić information content (AvgIpc) is 3.52. The van der Waals surface area contributed by atoms with Crippen LogP contribution in [0.5, 0.6) is 0 Å². The van der Waals surface area contributed by atoms with Crippen LogP contribution in [0.2, 0.25) is 5.02 Å². The Morgan fingerprint density at radius 1 is 1.32 bits per heavy atom. The summed E-state index contributed by atoms with van der Waals surface area (Å²) in [4.78, 5) is 14.8. The van der Waals surface area contributed by atoms with Gasteiger partial charge in [0.25, 0.3) is 6.26 Å². The average molecular weight is 451 g/mol. The van der Waals surface area contributed by atoms with Crippen molar-refractivity contribution in [3.63, 3.8) is 0 Å². The molecule has 170 valence electrons. The molecule has 1 aromatic rings. The fraction of sp³-hybridized carbons (Fsp3) is 0.652. The molecule has 2 saturated carbocycles. The number of ether oxygens (including phenoxy) is 1. The van der Waals surface area contributed by atoms with E-state index in [0.29, 0.717) is 12.5 Å². The summed E-state index contributed by atoms with van der Waals surface area (Å²) in [6, 6.07) is 5.60. The molecule has 8 heteroatoms. The highest BCUT2D eigenvalue weighted by molar-refractivity contribution is 6.31. The number of nitrogens with one attached hydrogen (secondary N) is 1. The number of hydrogen-bond acceptors (Lipinski definition) is 5. The van der Waals surface area contributed by atoms with E-state index >= 15 is 0 Å². The van der Waals surface area contributed by atoms with E-state index in [2.05, 4.69) is 26.8 Å². The first-order valence-electron chi connectivity index (χ1n) is 11.2. The Balaban J connectivity index is 0.000000254. The first-order chi connectivity index (χ1) is 15.0. The van der Waals surface area contributed by atoms with Crippen LogP contribution in [0.3, 0.4) is 0 Å². The summed E-state index contributed by atoms with van der Waals surface area (Å²) in [5, 5.41) is 10.7. The van der Waals surface area contributed by atoms with Gasteiger partial charge < -0.3 is 15.0 Å². The van der Waals surface area contributed by atoms with E-state index in [9.17, 15) is 9.18 Å². The zero-order valence-electron chi connectivity index (χ0n) is 18.2. The molecule has 1 N–H and O–H groups in total. The predicted octanol–water partition coefficient (Wildman–Crippen LogP) is 4.29. The molecule has 0 spiro atoms. The number of nitrogens with zero attached hydrogens (tertiary/aromatic N) is 3. The minimum Gasteiger partial charge on any atom is -0.399 e. The van der Waals surface area contributed by atoms with E-state index < -0.39 is 5.72 Å². The Morgan fingerprint density at radius 3 is 2.65 bits per heavy atom. The SMILES string of the molecule is CC1CN(c2ccc(F)c(Cl)c2)CCN1CC1CCCCC1.N#COC1(NC=O)CC1. The normalized spacial score (nSPS) is 23.2. The van der Waals surface area contributed by atoms with Gasteiger partial charge in [-0.1, -0.05) is 30.9 Å². The van der Waals surface area contributed by atoms with Gasteiger partial charge in [-0.05, 0) is 43.9 Å². The van der Waals surface area contributed by atoms with Crippen LogP contribution >= 0.6 is 11.6 Å². The highest BCUT2D eigenvalue weighted by Gasteiger charge is 2.45. The fourth-order valence-electron chi connectivity index (χ4n) is 4.47. The van der Waals surface area contributed by atoms with Gasteiger partial charge in [-0.15, -0.1) is 0 Å². The van der Waals surface area contributed by atoms with Gasteiger partial charge in [-0.25, -0.2) is 4.39 Å². The van der Waals surface area contributed by atoms with Crippen LogP contribution in [-0.4, -0.2) is 49.3 Å². The molecule has 31 heavy (non-hydrogen) atoms. The molecule has 0 aromatic heterocycles. The molecule has 1 aromatic carbocycles. The van der Waals surface area contributed by atoms with Crippen LogP contribution in [0.15, 0.2) is 18.2 Å². The van der Waals surface area contributed by atoms with Gasteiger partial charge in [-0.2, -0.15) is 5.26 Å². The molecule has 0 radical (unpaired) electrons. The topological polar surface area (TPSA) is 68.6 Å². The van der Waals surface area contributed by atoms with Crippen molar-refractivity contribution in [1.29, 1.82) is 5.26 Å². The van der Waals surface area contributed by atoms with Crippen LogP contribution in [0, 0.1) is 23.3 Å². The minimum absolute atomic E-state index is 0.217. The summed E-state index contributed by atoms with van der Waals surface area (Å²) < 4.78 is 17.9. The van der Waals surface area contributed by atoms with Gasteiger partial charge in [0.05, 0.1) is 5.02 Å². The molecule has 2 aliphatic carbocycles. The smallest absolute Gasteiger partial charge is 0.288 e. The lowest BCUT2D eigenvalue weighted by Crippen LogP contribution is -2.53. The molecule has 0 bridgehead atoms. The van der Waals surface area contributed by atoms with Crippen LogP contribution in [-0.2, 0) is 9.53 Å². The molecular formula is C23H32ClFN4O2. The van der Waals surface area contributed by atoms with Gasteiger partial charge in [0, 0.05) is 50.7 Å². The van der Waals surface area contributed by atoms with Gasteiger partial charge >= 0.3 is 0 Å². The molecular weight excluding hydrogens is 419 g/mol. The van der Waals surface area contributed by atoms with Gasteiger partial charge in [0.2, 0.25) is 6.41 Å². The van der Waals surface area contributed by atoms with E-state index in [1.54, 1.807) is 6.07 Å². The first kappa shape index (κ1) is 23.6. The molecule has 1 aliphatic heterocycles. The maximum atomic E-state index is 13.3. The van der Waals surface area contributed by atoms with Crippen molar-refractivity contribution < 1.29 is 13.9 Å². The Labute approximate surface area is 189 Å². The number of benzene rings is 1. The number of nitriles is 1. The number of carbonyl (C=O) groups excluding carboxylic acids is 1. The second-order valence-corrected chi connectivity index (χ2v) is 9.25. The molecule has 6 nitrogen and oxygen atoms in total. The summed E-state index contributed by atoms with van der Waals surface area (Å²) in [5.41, 5.74) is 0.409. The highest BCUT2D eigenvalue weighted by Crippen LogP contribution is 2.35. The summed E-state index contributed by atoms with van der Waals surface area (Å²) >= 11 is 5.91. The first-order valence-corrected chi connectivity index (χ1v) is 11.6. The van der Waals surface area contributed by atoms with E-state index in [1.165, 1.54) is 51.0 Å². The van der Waals surface area contributed by atoms with Crippen molar-refractivity contribution >= 4 is 23.7 Å². The van der Waals surface area contributed by atoms with Gasteiger partial charge in [0.1, 0.15) is 5.82 Å². The summed E-state index contributed by atoms with van der Waals surface area (Å²) in [5.74, 6) is 0.553. The Hall–Kier alpha value is -2.04. The molecule has 4 rings (SSSR count). The number of anilines is 1. The third-order valence-electron chi connectivity index (χ3n) is 6.52. The number of halogens is 2. The number of hydrogen-bond donors (Lipinski definition) is 1. The van der Waals surface area contributed by atoms with Crippen LogP contribution in [0.25, 0.3) is 0 Å². The maximum absolute atomic E-state index is 13.3. The standard InChI is InChI=1S/C18H26ClFN2.C5H6N2O2/c1-14-12-22(16-7-8-18(20)17(19)11-16)10-9-21(14)13-15-5-3-2-4-6-15;6-3-9-5(1-2-5)7-4-8/h7-8,11,14-15H,2-6,9-10,12-13H2,1H3;4H,1-2H2,(H,7,8). The Bertz CT molecular complexity index is 777. The largest absolute Gasteiger partial charge is 0.399 e. The van der Waals surface area contributed by atoms with E-state index in [1.807, 2.05) is 6.07 Å². The second kappa shape index (κ2) is 11.0. The zero-order valence-corrected chi connectivity index (χ0v) is 18.9. The summed E-state index contributed by atoms with van der Waals surface area (Å²) in [6.07, 6.45) is 10.6. The van der Waals surface area contributed by atoms with Crippen molar-refractivity contribution in [1.82, 2.24) is 10.2 Å². The van der Waals surface area contributed by atoms with E-state index in [0.717, 1.165) is 44.1 Å². The lowest BCUT2D eigenvalue weighted by Gasteiger charge is -2.42. The van der Waals surface area contributed by atoms with Crippen molar-refractivity contribution in [2.45, 2.75) is 63.6 Å². The molecule has 1 atom stereocenters. The molecule has 1 unspecified atom stereocenters. The number of rotatable bonds is 6. The number of amides is 1. The molecule has 3 aliphatic rings. The van der Waals surface area contributed by atoms with Gasteiger partial charge in [0.15, 0.2) is 5.72 Å². The maximum Gasteiger partial charge on any atom is 0.288 e. The second-order valence-electron chi connectivity index (χ2n) is 8.84. The summed E-state index contributed by atoms with van der Waals surface area (Å²) in [7, 11) is 0.